The van der Waals surface area contributed by atoms with E-state index in [1.165, 1.54) is 23.8 Å². The summed E-state index contributed by atoms with van der Waals surface area (Å²) < 4.78 is 30.4. The Morgan fingerprint density at radius 2 is 1.74 bits per heavy atom. The lowest BCUT2D eigenvalue weighted by molar-refractivity contribution is 0.187. The second-order valence-electron chi connectivity index (χ2n) is 10.8. The lowest BCUT2D eigenvalue weighted by atomic mass is 9.83. The number of nitrogens with zero attached hydrogens (tertiary/aromatic N) is 3. The molecular formula is C29H38Cl3N5O4S2. The van der Waals surface area contributed by atoms with Gasteiger partial charge in [-0.25, -0.2) is 22.5 Å². The third-order valence-electron chi connectivity index (χ3n) is 8.20. The first kappa shape index (κ1) is 35.5. The summed E-state index contributed by atoms with van der Waals surface area (Å²) in [6, 6.07) is 16.1. The quantitative estimate of drug-likeness (QED) is 0.253. The molecule has 14 heteroatoms. The number of hydrogen-bond donors (Lipinski definition) is 2. The third-order valence-corrected chi connectivity index (χ3v) is 10.5. The average molecular weight is 691 g/mol. The minimum Gasteiger partial charge on any atom is -0.453 e. The van der Waals surface area contributed by atoms with E-state index in [1.807, 2.05) is 12.1 Å². The molecule has 2 aliphatic rings. The number of aromatic amines is 1. The van der Waals surface area contributed by atoms with E-state index in [0.717, 1.165) is 43.7 Å². The molecule has 0 radical (unpaired) electrons. The molecule has 0 spiro atoms. The van der Waals surface area contributed by atoms with E-state index in [9.17, 15) is 13.2 Å². The van der Waals surface area contributed by atoms with Gasteiger partial charge in [0, 0.05) is 42.3 Å². The Hall–Kier alpha value is -1.99. The van der Waals surface area contributed by atoms with Gasteiger partial charge in [0.05, 0.1) is 19.4 Å². The number of nitrogens with one attached hydrogen (secondary N) is 2. The second kappa shape index (κ2) is 15.3. The fraction of sp³-hybridized carbons (Fsp3) is 0.448. The molecule has 2 aliphatic heterocycles. The summed E-state index contributed by atoms with van der Waals surface area (Å²) in [4.78, 5) is 23.6. The maximum absolute atomic E-state index is 12.1. The fourth-order valence-corrected chi connectivity index (χ4v) is 7.51. The smallest absolute Gasteiger partial charge is 0.411 e. The summed E-state index contributed by atoms with van der Waals surface area (Å²) in [6.07, 6.45) is 5.52. The van der Waals surface area contributed by atoms with Crippen LogP contribution in [0, 0.1) is 11.8 Å². The van der Waals surface area contributed by atoms with Gasteiger partial charge in [0.2, 0.25) is 10.0 Å². The number of H-pyrrole nitrogens is 1. The Kier molecular flexibility index (Phi) is 12.7. The largest absolute Gasteiger partial charge is 0.453 e. The number of benzene rings is 2. The van der Waals surface area contributed by atoms with Crippen molar-refractivity contribution in [2.75, 3.05) is 44.6 Å². The minimum absolute atomic E-state index is 0. The molecule has 236 valence electrons. The van der Waals surface area contributed by atoms with E-state index >= 15 is 0 Å². The van der Waals surface area contributed by atoms with Crippen molar-refractivity contribution in [3.63, 3.8) is 0 Å². The van der Waals surface area contributed by atoms with Crippen LogP contribution in [0.2, 0.25) is 5.15 Å². The van der Waals surface area contributed by atoms with Crippen LogP contribution in [0.1, 0.15) is 36.7 Å². The van der Waals surface area contributed by atoms with Gasteiger partial charge in [-0.05, 0) is 67.2 Å². The average Bonchev–Trinajstić information content (AvgIpc) is 3.56. The van der Waals surface area contributed by atoms with Gasteiger partial charge in [-0.2, -0.15) is 0 Å². The molecule has 2 N–H and O–H groups in total. The molecule has 0 unspecified atom stereocenters. The molecule has 1 amide bonds. The topological polar surface area (TPSA) is 108 Å². The van der Waals surface area contributed by atoms with Gasteiger partial charge in [-0.1, -0.05) is 35.9 Å². The van der Waals surface area contributed by atoms with Crippen LogP contribution >= 0.6 is 48.2 Å². The molecule has 9 nitrogen and oxygen atoms in total. The van der Waals surface area contributed by atoms with Crippen LogP contribution in [-0.2, 0) is 21.3 Å². The van der Waals surface area contributed by atoms with Crippen molar-refractivity contribution >= 4 is 70.0 Å². The number of hydrogen-bond acceptors (Lipinski definition) is 7. The zero-order chi connectivity index (χ0) is 29.1. The van der Waals surface area contributed by atoms with E-state index in [-0.39, 0.29) is 30.9 Å². The number of thioether (sulfide) groups is 1. The molecule has 3 aromatic rings. The molecule has 3 heterocycles. The van der Waals surface area contributed by atoms with Gasteiger partial charge in [0.25, 0.3) is 0 Å². The summed E-state index contributed by atoms with van der Waals surface area (Å²) in [5, 5.41) is 3.13. The Bertz CT molecular complexity index is 1460. The monoisotopic (exact) mass is 689 g/mol. The number of imidazole rings is 1. The van der Waals surface area contributed by atoms with Crippen molar-refractivity contribution in [3.05, 3.63) is 65.1 Å². The third kappa shape index (κ3) is 8.59. The molecule has 2 fully saturated rings. The zero-order valence-electron chi connectivity index (χ0n) is 24.3. The van der Waals surface area contributed by atoms with Crippen LogP contribution in [0.3, 0.4) is 0 Å². The van der Waals surface area contributed by atoms with E-state index < -0.39 is 16.1 Å². The number of ether oxygens (including phenoxy) is 1. The highest BCUT2D eigenvalue weighted by atomic mass is 35.5. The Labute approximate surface area is 275 Å². The lowest BCUT2D eigenvalue weighted by Gasteiger charge is -2.33. The summed E-state index contributed by atoms with van der Waals surface area (Å²) in [5.41, 5.74) is 3.37. The van der Waals surface area contributed by atoms with E-state index in [1.54, 1.807) is 28.2 Å². The molecule has 2 aromatic carbocycles. The number of rotatable bonds is 8. The molecule has 5 rings (SSSR count). The van der Waals surface area contributed by atoms with Gasteiger partial charge in [-0.3, -0.25) is 10.2 Å². The van der Waals surface area contributed by atoms with E-state index in [2.05, 4.69) is 50.5 Å². The first-order chi connectivity index (χ1) is 19.6. The van der Waals surface area contributed by atoms with Crippen molar-refractivity contribution in [1.29, 1.82) is 0 Å². The fourth-order valence-electron chi connectivity index (χ4n) is 5.98. The Morgan fingerprint density at radius 1 is 1.09 bits per heavy atom. The van der Waals surface area contributed by atoms with Gasteiger partial charge < -0.3 is 9.72 Å². The number of aromatic nitrogens is 2. The maximum Gasteiger partial charge on any atom is 0.411 e. The maximum atomic E-state index is 12.1. The van der Waals surface area contributed by atoms with Crippen molar-refractivity contribution < 1.29 is 17.9 Å². The number of piperidine rings is 1. The number of carbonyl (C=O) groups is 1. The Balaban J connectivity index is 0.00000253. The van der Waals surface area contributed by atoms with Crippen LogP contribution in [0.5, 0.6) is 0 Å². The number of halogens is 3. The molecule has 43 heavy (non-hydrogen) atoms. The van der Waals surface area contributed by atoms with Crippen LogP contribution in [0.15, 0.2) is 53.4 Å². The molecule has 2 saturated heterocycles. The molecule has 2 atom stereocenters. The van der Waals surface area contributed by atoms with Crippen molar-refractivity contribution in [2.24, 2.45) is 11.8 Å². The first-order valence-corrected chi connectivity index (χ1v) is 17.1. The van der Waals surface area contributed by atoms with Crippen molar-refractivity contribution in [1.82, 2.24) is 19.2 Å². The molecule has 0 bridgehead atoms. The normalized spacial score (nSPS) is 19.8. The first-order valence-electron chi connectivity index (χ1n) is 13.7. The zero-order valence-corrected chi connectivity index (χ0v) is 28.3. The van der Waals surface area contributed by atoms with E-state index in [0.29, 0.717) is 41.5 Å². The van der Waals surface area contributed by atoms with Crippen LogP contribution in [-0.4, -0.2) is 72.9 Å². The molecular weight excluding hydrogens is 653 g/mol. The summed E-state index contributed by atoms with van der Waals surface area (Å²) in [5.74, 6) is 1.72. The predicted octanol–water partition coefficient (Wildman–Crippen LogP) is 6.71. The van der Waals surface area contributed by atoms with Crippen molar-refractivity contribution in [3.8, 4) is 11.3 Å². The number of sulfonamides is 1. The van der Waals surface area contributed by atoms with Gasteiger partial charge in [0.15, 0.2) is 0 Å². The number of amides is 1. The lowest BCUT2D eigenvalue weighted by Crippen LogP contribution is -2.39. The van der Waals surface area contributed by atoms with Crippen LogP contribution < -0.4 is 5.32 Å². The van der Waals surface area contributed by atoms with Crippen LogP contribution in [0.25, 0.3) is 11.3 Å². The number of anilines is 1. The number of likely N-dealkylation sites (tertiary alicyclic amines) is 1. The SMILES string of the molecule is COC(=O)Nc1ccc(-c2nc([C@@H]3C[C@H](C4CCN(S(C)(=O)=O)CC4)CN3Cc3ccc(SC)cc3)[nH]c2Cl)cc1.Cl.Cl. The highest BCUT2D eigenvalue weighted by molar-refractivity contribution is 7.98. The number of methoxy groups -OCH3 is 1. The standard InChI is InChI=1S/C29H36ClN5O4S2.2ClH/c1-39-29(36)31-23-8-6-21(7-9-23)26-27(30)33-28(32-26)25-16-22(20-12-14-35(15-13-20)41(3,37)38)18-34(25)17-19-4-10-24(40-2)11-5-19;;/h4-11,20,22,25H,12-18H2,1-3H3,(H,31,36)(H,32,33);2*1H/t22-,25-;;/m0../s1. The summed E-state index contributed by atoms with van der Waals surface area (Å²) in [7, 11) is -1.83. The van der Waals surface area contributed by atoms with Gasteiger partial charge in [-0.15, -0.1) is 36.6 Å². The molecule has 0 aliphatic carbocycles. The van der Waals surface area contributed by atoms with E-state index in [4.69, 9.17) is 16.6 Å². The highest BCUT2D eigenvalue weighted by Crippen LogP contribution is 2.43. The highest BCUT2D eigenvalue weighted by Gasteiger charge is 2.40. The van der Waals surface area contributed by atoms with Crippen LogP contribution in [0.4, 0.5) is 10.5 Å². The summed E-state index contributed by atoms with van der Waals surface area (Å²) in [6.45, 7) is 2.87. The second-order valence-corrected chi connectivity index (χ2v) is 14.0. The molecule has 0 saturated carbocycles. The molecule has 1 aromatic heterocycles. The predicted molar refractivity (Wildman–Crippen MR) is 178 cm³/mol. The summed E-state index contributed by atoms with van der Waals surface area (Å²) >= 11 is 8.43. The van der Waals surface area contributed by atoms with Gasteiger partial charge >= 0.3 is 6.09 Å². The minimum atomic E-state index is -3.16. The van der Waals surface area contributed by atoms with Gasteiger partial charge in [0.1, 0.15) is 16.7 Å². The van der Waals surface area contributed by atoms with Crippen molar-refractivity contribution in [2.45, 2.75) is 36.7 Å². The number of carbonyl (C=O) groups excluding carboxylic acids is 1. The Morgan fingerprint density at radius 3 is 2.33 bits per heavy atom.